The number of hydrogen-bond donors (Lipinski definition) is 1. The minimum Gasteiger partial charge on any atom is -0.344 e. The van der Waals surface area contributed by atoms with Crippen molar-refractivity contribution in [2.24, 2.45) is 11.8 Å². The second-order valence-corrected chi connectivity index (χ2v) is 5.97. The van der Waals surface area contributed by atoms with Gasteiger partial charge in [-0.2, -0.15) is 0 Å². The molecule has 0 aromatic carbocycles. The number of carbonyl (C=O) groups is 2. The molecule has 2 amide bonds. The Morgan fingerprint density at radius 3 is 2.79 bits per heavy atom. The molecule has 0 spiro atoms. The summed E-state index contributed by atoms with van der Waals surface area (Å²) >= 11 is 0. The fourth-order valence-corrected chi connectivity index (χ4v) is 2.82. The Balaban J connectivity index is 2.03. The molecule has 0 saturated carbocycles. The van der Waals surface area contributed by atoms with E-state index in [0.717, 1.165) is 25.8 Å². The number of nitrogens with one attached hydrogen (secondary N) is 1. The third kappa shape index (κ3) is 3.58. The highest BCUT2D eigenvalue weighted by Crippen LogP contribution is 2.21. The van der Waals surface area contributed by atoms with E-state index in [1.165, 1.54) is 0 Å². The lowest BCUT2D eigenvalue weighted by Crippen LogP contribution is -2.48. The maximum absolute atomic E-state index is 12.5. The molecule has 1 heterocycles. The van der Waals surface area contributed by atoms with Gasteiger partial charge in [0.2, 0.25) is 11.8 Å². The maximum atomic E-state index is 12.5. The quantitative estimate of drug-likeness (QED) is 0.789. The molecule has 106 valence electrons. The molecule has 2 aliphatic rings. The van der Waals surface area contributed by atoms with E-state index < -0.39 is 0 Å². The molecule has 2 unspecified atom stereocenters. The summed E-state index contributed by atoms with van der Waals surface area (Å²) in [7, 11) is 0. The van der Waals surface area contributed by atoms with Gasteiger partial charge in [-0.25, -0.2) is 0 Å². The number of amides is 2. The van der Waals surface area contributed by atoms with Gasteiger partial charge in [0, 0.05) is 19.5 Å². The summed E-state index contributed by atoms with van der Waals surface area (Å²) in [5.74, 6) is 0.784. The van der Waals surface area contributed by atoms with Crippen molar-refractivity contribution in [3.63, 3.8) is 0 Å². The SMILES string of the molecule is CC(C)C1NC(=O)CCN(CC2CC=CCC2)C1=O. The number of nitrogens with zero attached hydrogens (tertiary/aromatic N) is 1. The van der Waals surface area contributed by atoms with Gasteiger partial charge in [-0.15, -0.1) is 0 Å². The first-order valence-electron chi connectivity index (χ1n) is 7.31. The van der Waals surface area contributed by atoms with Crippen LogP contribution in [0.25, 0.3) is 0 Å². The van der Waals surface area contributed by atoms with Gasteiger partial charge >= 0.3 is 0 Å². The summed E-state index contributed by atoms with van der Waals surface area (Å²) < 4.78 is 0. The highest BCUT2D eigenvalue weighted by molar-refractivity contribution is 5.90. The molecule has 0 bridgehead atoms. The minimum absolute atomic E-state index is 0.00177. The van der Waals surface area contributed by atoms with Gasteiger partial charge in [-0.3, -0.25) is 9.59 Å². The van der Waals surface area contributed by atoms with Gasteiger partial charge < -0.3 is 10.2 Å². The van der Waals surface area contributed by atoms with E-state index in [4.69, 9.17) is 0 Å². The molecule has 1 N–H and O–H groups in total. The molecule has 4 heteroatoms. The van der Waals surface area contributed by atoms with Crippen LogP contribution in [0.15, 0.2) is 12.2 Å². The molecule has 0 radical (unpaired) electrons. The molecule has 1 aliphatic heterocycles. The summed E-state index contributed by atoms with van der Waals surface area (Å²) in [6.45, 7) is 5.32. The Hall–Kier alpha value is -1.32. The van der Waals surface area contributed by atoms with Crippen molar-refractivity contribution in [3.8, 4) is 0 Å². The van der Waals surface area contributed by atoms with Crippen molar-refractivity contribution in [2.45, 2.75) is 45.6 Å². The third-order valence-corrected chi connectivity index (χ3v) is 4.03. The van der Waals surface area contributed by atoms with Crippen molar-refractivity contribution in [2.75, 3.05) is 13.1 Å². The zero-order chi connectivity index (χ0) is 13.8. The Labute approximate surface area is 115 Å². The number of allylic oxidation sites excluding steroid dienone is 2. The van der Waals surface area contributed by atoms with Crippen LogP contribution in [0.3, 0.4) is 0 Å². The molecule has 1 saturated heterocycles. The summed E-state index contributed by atoms with van der Waals surface area (Å²) in [4.78, 5) is 26.1. The number of carbonyl (C=O) groups excluding carboxylic acids is 2. The topological polar surface area (TPSA) is 49.4 Å². The van der Waals surface area contributed by atoms with E-state index >= 15 is 0 Å². The van der Waals surface area contributed by atoms with Crippen LogP contribution in [0.2, 0.25) is 0 Å². The first-order valence-corrected chi connectivity index (χ1v) is 7.31. The lowest BCUT2D eigenvalue weighted by atomic mass is 9.93. The third-order valence-electron chi connectivity index (χ3n) is 4.03. The molecule has 4 nitrogen and oxygen atoms in total. The molecule has 19 heavy (non-hydrogen) atoms. The van der Waals surface area contributed by atoms with Crippen molar-refractivity contribution < 1.29 is 9.59 Å². The van der Waals surface area contributed by atoms with Crippen LogP contribution < -0.4 is 5.32 Å². The second kappa shape index (κ2) is 6.22. The van der Waals surface area contributed by atoms with E-state index in [-0.39, 0.29) is 23.8 Å². The monoisotopic (exact) mass is 264 g/mol. The fourth-order valence-electron chi connectivity index (χ4n) is 2.82. The van der Waals surface area contributed by atoms with E-state index in [1.54, 1.807) is 0 Å². The molecule has 1 fully saturated rings. The van der Waals surface area contributed by atoms with Crippen LogP contribution in [0, 0.1) is 11.8 Å². The average molecular weight is 264 g/mol. The molecule has 0 aromatic heterocycles. The summed E-state index contributed by atoms with van der Waals surface area (Å²) in [6, 6.07) is -0.353. The Morgan fingerprint density at radius 1 is 1.37 bits per heavy atom. The van der Waals surface area contributed by atoms with Gasteiger partial charge in [-0.05, 0) is 31.1 Å². The van der Waals surface area contributed by atoms with Crippen molar-refractivity contribution >= 4 is 11.8 Å². The van der Waals surface area contributed by atoms with Gasteiger partial charge in [0.1, 0.15) is 6.04 Å². The number of rotatable bonds is 3. The molecule has 1 aliphatic carbocycles. The van der Waals surface area contributed by atoms with Crippen LogP contribution >= 0.6 is 0 Å². The minimum atomic E-state index is -0.353. The Kier molecular flexibility index (Phi) is 4.61. The van der Waals surface area contributed by atoms with E-state index in [0.29, 0.717) is 18.9 Å². The van der Waals surface area contributed by atoms with Crippen molar-refractivity contribution in [1.29, 1.82) is 0 Å². The summed E-state index contributed by atoms with van der Waals surface area (Å²) in [5.41, 5.74) is 0. The van der Waals surface area contributed by atoms with Crippen molar-refractivity contribution in [3.05, 3.63) is 12.2 Å². The van der Waals surface area contributed by atoms with Crippen LogP contribution in [-0.2, 0) is 9.59 Å². The molecule has 2 rings (SSSR count). The van der Waals surface area contributed by atoms with Gasteiger partial charge in [0.25, 0.3) is 0 Å². The van der Waals surface area contributed by atoms with Crippen LogP contribution in [-0.4, -0.2) is 35.8 Å². The van der Waals surface area contributed by atoms with Crippen molar-refractivity contribution in [1.82, 2.24) is 10.2 Å². The van der Waals surface area contributed by atoms with Crippen LogP contribution in [0.4, 0.5) is 0 Å². The standard InChI is InChI=1S/C15H24N2O2/c1-11(2)14-15(19)17(9-8-13(18)16-14)10-12-6-4-3-5-7-12/h3-4,11-12,14H,5-10H2,1-2H3,(H,16,18). The smallest absolute Gasteiger partial charge is 0.245 e. The Bertz CT molecular complexity index is 376. The first-order chi connectivity index (χ1) is 9.08. The molecule has 2 atom stereocenters. The average Bonchev–Trinajstić information content (AvgIpc) is 2.53. The zero-order valence-corrected chi connectivity index (χ0v) is 11.9. The second-order valence-electron chi connectivity index (χ2n) is 5.97. The fraction of sp³-hybridized carbons (Fsp3) is 0.733. The summed E-state index contributed by atoms with van der Waals surface area (Å²) in [5, 5.41) is 2.85. The van der Waals surface area contributed by atoms with Gasteiger partial charge in [0.05, 0.1) is 0 Å². The van der Waals surface area contributed by atoms with Crippen LogP contribution in [0.1, 0.15) is 39.5 Å². The highest BCUT2D eigenvalue weighted by atomic mass is 16.2. The van der Waals surface area contributed by atoms with E-state index in [1.807, 2.05) is 18.7 Å². The normalized spacial score (nSPS) is 28.5. The van der Waals surface area contributed by atoms with Gasteiger partial charge in [0.15, 0.2) is 0 Å². The van der Waals surface area contributed by atoms with E-state index in [2.05, 4.69) is 17.5 Å². The first kappa shape index (κ1) is 14.1. The Morgan fingerprint density at radius 2 is 2.16 bits per heavy atom. The lowest BCUT2D eigenvalue weighted by molar-refractivity contribution is -0.135. The van der Waals surface area contributed by atoms with Crippen LogP contribution in [0.5, 0.6) is 0 Å². The number of hydrogen-bond acceptors (Lipinski definition) is 2. The largest absolute Gasteiger partial charge is 0.344 e. The lowest BCUT2D eigenvalue weighted by Gasteiger charge is -2.30. The molecular formula is C15H24N2O2. The zero-order valence-electron chi connectivity index (χ0n) is 11.9. The summed E-state index contributed by atoms with van der Waals surface area (Å²) in [6.07, 6.45) is 8.16. The molecule has 0 aromatic rings. The van der Waals surface area contributed by atoms with E-state index in [9.17, 15) is 9.59 Å². The van der Waals surface area contributed by atoms with Gasteiger partial charge in [-0.1, -0.05) is 26.0 Å². The predicted molar refractivity (Wildman–Crippen MR) is 74.4 cm³/mol. The predicted octanol–water partition coefficient (Wildman–Crippen LogP) is 1.72. The maximum Gasteiger partial charge on any atom is 0.245 e. The highest BCUT2D eigenvalue weighted by Gasteiger charge is 2.32. The molecular weight excluding hydrogens is 240 g/mol.